The first-order valence-corrected chi connectivity index (χ1v) is 5.95. The Balaban J connectivity index is 1.93. The standard InChI is InChI=1S/C11H14ClN3O2/c12-9-6-13-5-8(15-9)10(16)14-7-11(17)3-1-2-4-11/h5-6,17H,1-4,7H2,(H,14,16). The normalized spacial score (nSPS) is 18.0. The van der Waals surface area contributed by atoms with Crippen molar-refractivity contribution in [2.45, 2.75) is 31.3 Å². The van der Waals surface area contributed by atoms with E-state index < -0.39 is 5.60 Å². The number of carbonyl (C=O) groups is 1. The zero-order chi connectivity index (χ0) is 12.3. The van der Waals surface area contributed by atoms with Gasteiger partial charge in [-0.1, -0.05) is 24.4 Å². The third-order valence-corrected chi connectivity index (χ3v) is 3.13. The molecule has 1 aliphatic rings. The molecule has 0 bridgehead atoms. The van der Waals surface area contributed by atoms with Gasteiger partial charge >= 0.3 is 0 Å². The molecule has 1 aromatic rings. The van der Waals surface area contributed by atoms with E-state index in [1.54, 1.807) is 0 Å². The van der Waals surface area contributed by atoms with Crippen LogP contribution in [-0.4, -0.2) is 33.1 Å². The molecule has 2 N–H and O–H groups in total. The third kappa shape index (κ3) is 3.14. The average Bonchev–Trinajstić information content (AvgIpc) is 2.74. The minimum Gasteiger partial charge on any atom is -0.388 e. The van der Waals surface area contributed by atoms with Crippen molar-refractivity contribution in [2.75, 3.05) is 6.54 Å². The molecule has 17 heavy (non-hydrogen) atoms. The van der Waals surface area contributed by atoms with Gasteiger partial charge in [-0.3, -0.25) is 9.78 Å². The number of nitrogens with zero attached hydrogens (tertiary/aromatic N) is 2. The van der Waals surface area contributed by atoms with E-state index in [0.717, 1.165) is 25.7 Å². The summed E-state index contributed by atoms with van der Waals surface area (Å²) in [5, 5.41) is 12.9. The van der Waals surface area contributed by atoms with Gasteiger partial charge in [-0.25, -0.2) is 4.98 Å². The fourth-order valence-electron chi connectivity index (χ4n) is 2.00. The van der Waals surface area contributed by atoms with Crippen LogP contribution in [0.2, 0.25) is 5.15 Å². The number of carbonyl (C=O) groups excluding carboxylic acids is 1. The van der Waals surface area contributed by atoms with Crippen molar-refractivity contribution < 1.29 is 9.90 Å². The quantitative estimate of drug-likeness (QED) is 0.850. The van der Waals surface area contributed by atoms with Gasteiger partial charge in [0.2, 0.25) is 0 Å². The van der Waals surface area contributed by atoms with E-state index in [2.05, 4.69) is 15.3 Å². The number of hydrogen-bond acceptors (Lipinski definition) is 4. The van der Waals surface area contributed by atoms with Crippen LogP contribution >= 0.6 is 11.6 Å². The maximum absolute atomic E-state index is 11.7. The largest absolute Gasteiger partial charge is 0.388 e. The van der Waals surface area contributed by atoms with Crippen molar-refractivity contribution in [3.63, 3.8) is 0 Å². The average molecular weight is 256 g/mol. The Morgan fingerprint density at radius 1 is 1.47 bits per heavy atom. The minimum absolute atomic E-state index is 0.166. The van der Waals surface area contributed by atoms with Gasteiger partial charge in [0.25, 0.3) is 5.91 Å². The molecular formula is C11H14ClN3O2. The van der Waals surface area contributed by atoms with Crippen LogP contribution < -0.4 is 5.32 Å². The first-order valence-electron chi connectivity index (χ1n) is 5.57. The molecule has 5 nitrogen and oxygen atoms in total. The fourth-order valence-corrected chi connectivity index (χ4v) is 2.14. The Morgan fingerprint density at radius 3 is 2.82 bits per heavy atom. The summed E-state index contributed by atoms with van der Waals surface area (Å²) in [5.74, 6) is -0.361. The molecule has 0 aliphatic heterocycles. The Labute approximate surface area is 104 Å². The van der Waals surface area contributed by atoms with E-state index in [0.29, 0.717) is 0 Å². The molecule has 1 fully saturated rings. The minimum atomic E-state index is -0.762. The maximum atomic E-state index is 11.7. The van der Waals surface area contributed by atoms with Gasteiger partial charge in [-0.15, -0.1) is 0 Å². The van der Waals surface area contributed by atoms with E-state index in [1.807, 2.05) is 0 Å². The van der Waals surface area contributed by atoms with Gasteiger partial charge in [-0.2, -0.15) is 0 Å². The summed E-state index contributed by atoms with van der Waals surface area (Å²) in [7, 11) is 0. The number of hydrogen-bond donors (Lipinski definition) is 2. The van der Waals surface area contributed by atoms with Crippen LogP contribution in [0.25, 0.3) is 0 Å². The van der Waals surface area contributed by atoms with Crippen LogP contribution in [0.3, 0.4) is 0 Å². The lowest BCUT2D eigenvalue weighted by molar-refractivity contribution is 0.0448. The number of aromatic nitrogens is 2. The van der Waals surface area contributed by atoms with Gasteiger partial charge in [0.1, 0.15) is 10.8 Å². The molecule has 6 heteroatoms. The van der Waals surface area contributed by atoms with Gasteiger partial charge < -0.3 is 10.4 Å². The molecule has 0 saturated heterocycles. The Hall–Kier alpha value is -1.20. The lowest BCUT2D eigenvalue weighted by atomic mass is 10.0. The summed E-state index contributed by atoms with van der Waals surface area (Å²) in [6, 6.07) is 0. The SMILES string of the molecule is O=C(NCC1(O)CCCC1)c1cncc(Cl)n1. The van der Waals surface area contributed by atoms with E-state index in [9.17, 15) is 9.90 Å². The molecule has 1 amide bonds. The topological polar surface area (TPSA) is 75.1 Å². The monoisotopic (exact) mass is 255 g/mol. The van der Waals surface area contributed by atoms with Gasteiger partial charge in [0.15, 0.2) is 0 Å². The molecule has 1 aromatic heterocycles. The van der Waals surface area contributed by atoms with Crippen molar-refractivity contribution in [3.05, 3.63) is 23.2 Å². The van der Waals surface area contributed by atoms with Crippen LogP contribution in [0.15, 0.2) is 12.4 Å². The number of amides is 1. The third-order valence-electron chi connectivity index (χ3n) is 2.95. The summed E-state index contributed by atoms with van der Waals surface area (Å²) in [4.78, 5) is 19.3. The Kier molecular flexibility index (Phi) is 3.59. The molecular weight excluding hydrogens is 242 g/mol. The highest BCUT2D eigenvalue weighted by atomic mass is 35.5. The zero-order valence-electron chi connectivity index (χ0n) is 9.32. The Bertz CT molecular complexity index is 419. The highest BCUT2D eigenvalue weighted by molar-refractivity contribution is 6.29. The van der Waals surface area contributed by atoms with Gasteiger partial charge in [0.05, 0.1) is 18.0 Å². The molecule has 2 rings (SSSR count). The van der Waals surface area contributed by atoms with Crippen LogP contribution in [0, 0.1) is 0 Å². The van der Waals surface area contributed by atoms with E-state index in [1.165, 1.54) is 12.4 Å². The summed E-state index contributed by atoms with van der Waals surface area (Å²) in [6.07, 6.45) is 6.18. The molecule has 1 aliphatic carbocycles. The molecule has 0 aromatic carbocycles. The first-order chi connectivity index (χ1) is 8.09. The summed E-state index contributed by atoms with van der Waals surface area (Å²) in [6.45, 7) is 0.250. The van der Waals surface area contributed by atoms with Crippen LogP contribution in [-0.2, 0) is 0 Å². The smallest absolute Gasteiger partial charge is 0.271 e. The van der Waals surface area contributed by atoms with Crippen molar-refractivity contribution in [1.82, 2.24) is 15.3 Å². The first kappa shape index (κ1) is 12.3. The number of halogens is 1. The van der Waals surface area contributed by atoms with E-state index in [-0.39, 0.29) is 23.3 Å². The second-order valence-corrected chi connectivity index (χ2v) is 4.73. The molecule has 1 saturated carbocycles. The van der Waals surface area contributed by atoms with Gasteiger partial charge in [-0.05, 0) is 12.8 Å². The number of rotatable bonds is 3. The molecule has 0 spiro atoms. The second-order valence-electron chi connectivity index (χ2n) is 4.34. The van der Waals surface area contributed by atoms with Crippen LogP contribution in [0.1, 0.15) is 36.2 Å². The predicted octanol–water partition coefficient (Wildman–Crippen LogP) is 1.16. The highest BCUT2D eigenvalue weighted by Gasteiger charge is 2.31. The summed E-state index contributed by atoms with van der Waals surface area (Å²) in [5.41, 5.74) is -0.596. The maximum Gasteiger partial charge on any atom is 0.271 e. The molecule has 0 unspecified atom stereocenters. The molecule has 0 radical (unpaired) electrons. The van der Waals surface area contributed by atoms with Crippen molar-refractivity contribution in [3.8, 4) is 0 Å². The number of aliphatic hydroxyl groups is 1. The number of nitrogens with one attached hydrogen (secondary N) is 1. The lowest BCUT2D eigenvalue weighted by Crippen LogP contribution is -2.41. The summed E-state index contributed by atoms with van der Waals surface area (Å²) >= 11 is 5.64. The predicted molar refractivity (Wildman–Crippen MR) is 62.8 cm³/mol. The molecule has 92 valence electrons. The van der Waals surface area contributed by atoms with E-state index >= 15 is 0 Å². The van der Waals surface area contributed by atoms with Crippen LogP contribution in [0.4, 0.5) is 0 Å². The van der Waals surface area contributed by atoms with Crippen molar-refractivity contribution in [2.24, 2.45) is 0 Å². The van der Waals surface area contributed by atoms with Crippen molar-refractivity contribution in [1.29, 1.82) is 0 Å². The fraction of sp³-hybridized carbons (Fsp3) is 0.545. The zero-order valence-corrected chi connectivity index (χ0v) is 10.1. The summed E-state index contributed by atoms with van der Waals surface area (Å²) < 4.78 is 0. The highest BCUT2D eigenvalue weighted by Crippen LogP contribution is 2.28. The van der Waals surface area contributed by atoms with Crippen LogP contribution in [0.5, 0.6) is 0 Å². The molecule has 1 heterocycles. The Morgan fingerprint density at radius 2 is 2.18 bits per heavy atom. The van der Waals surface area contributed by atoms with E-state index in [4.69, 9.17) is 11.6 Å². The van der Waals surface area contributed by atoms with Crippen molar-refractivity contribution >= 4 is 17.5 Å². The lowest BCUT2D eigenvalue weighted by Gasteiger charge is -2.22. The second kappa shape index (κ2) is 4.98. The molecule has 0 atom stereocenters. The van der Waals surface area contributed by atoms with Gasteiger partial charge in [0, 0.05) is 6.54 Å².